The summed E-state index contributed by atoms with van der Waals surface area (Å²) in [5.41, 5.74) is -1.17. The SMILES string of the molecule is CC(C)(O)C#CCN(CC#CC(C)(C)O)c1cccc(Cl)c1. The van der Waals surface area contributed by atoms with Crippen LogP contribution in [0.3, 0.4) is 0 Å². The molecule has 118 valence electrons. The van der Waals surface area contributed by atoms with Crippen molar-refractivity contribution in [2.45, 2.75) is 38.9 Å². The first-order valence-electron chi connectivity index (χ1n) is 7.02. The molecule has 3 nitrogen and oxygen atoms in total. The largest absolute Gasteiger partial charge is 0.378 e. The van der Waals surface area contributed by atoms with Crippen LogP contribution in [0.2, 0.25) is 5.02 Å². The van der Waals surface area contributed by atoms with E-state index < -0.39 is 11.2 Å². The summed E-state index contributed by atoms with van der Waals surface area (Å²) in [5.74, 6) is 11.4. The molecule has 0 bridgehead atoms. The second kappa shape index (κ2) is 7.56. The smallest absolute Gasteiger partial charge is 0.120 e. The number of anilines is 1. The van der Waals surface area contributed by atoms with Gasteiger partial charge in [0, 0.05) is 10.7 Å². The lowest BCUT2D eigenvalue weighted by Gasteiger charge is -2.20. The average Bonchev–Trinajstić information content (AvgIpc) is 2.34. The highest BCUT2D eigenvalue weighted by Gasteiger charge is 2.09. The van der Waals surface area contributed by atoms with Gasteiger partial charge in [0.15, 0.2) is 0 Å². The third kappa shape index (κ3) is 7.96. The topological polar surface area (TPSA) is 43.7 Å². The van der Waals surface area contributed by atoms with Crippen molar-refractivity contribution in [2.75, 3.05) is 18.0 Å². The lowest BCUT2D eigenvalue weighted by Crippen LogP contribution is -2.25. The van der Waals surface area contributed by atoms with Crippen LogP contribution in [0.15, 0.2) is 24.3 Å². The Morgan fingerprint density at radius 2 is 1.50 bits per heavy atom. The van der Waals surface area contributed by atoms with Gasteiger partial charge in [-0.1, -0.05) is 41.3 Å². The minimum Gasteiger partial charge on any atom is -0.378 e. The molecule has 0 aliphatic rings. The second-order valence-electron chi connectivity index (χ2n) is 6.06. The Kier molecular flexibility index (Phi) is 6.33. The van der Waals surface area contributed by atoms with Crippen molar-refractivity contribution in [1.82, 2.24) is 0 Å². The van der Waals surface area contributed by atoms with E-state index in [4.69, 9.17) is 11.6 Å². The zero-order chi connectivity index (χ0) is 16.8. The first kappa shape index (κ1) is 18.4. The average molecular weight is 320 g/mol. The van der Waals surface area contributed by atoms with Gasteiger partial charge in [0.25, 0.3) is 0 Å². The predicted molar refractivity (Wildman–Crippen MR) is 91.8 cm³/mol. The second-order valence-corrected chi connectivity index (χ2v) is 6.49. The molecule has 0 aliphatic heterocycles. The van der Waals surface area contributed by atoms with Gasteiger partial charge in [-0.05, 0) is 45.9 Å². The minimum absolute atomic E-state index is 0.408. The van der Waals surface area contributed by atoms with Gasteiger partial charge in [-0.2, -0.15) is 0 Å². The molecule has 0 fully saturated rings. The summed E-state index contributed by atoms with van der Waals surface area (Å²) in [6.07, 6.45) is 0. The Labute approximate surface area is 137 Å². The molecule has 0 amide bonds. The molecule has 4 heteroatoms. The molecule has 0 heterocycles. The van der Waals surface area contributed by atoms with Crippen LogP contribution in [0.1, 0.15) is 27.7 Å². The third-order valence-corrected chi connectivity index (χ3v) is 2.74. The maximum atomic E-state index is 9.65. The normalized spacial score (nSPS) is 11.0. The third-order valence-electron chi connectivity index (χ3n) is 2.50. The van der Waals surface area contributed by atoms with Gasteiger partial charge in [0.2, 0.25) is 0 Å². The Bertz CT molecular complexity index is 585. The summed E-state index contributed by atoms with van der Waals surface area (Å²) in [6, 6.07) is 7.41. The molecule has 0 saturated heterocycles. The Morgan fingerprint density at radius 1 is 1.00 bits per heavy atom. The molecule has 0 spiro atoms. The number of benzene rings is 1. The van der Waals surface area contributed by atoms with E-state index in [1.165, 1.54) is 0 Å². The predicted octanol–water partition coefficient (Wildman–Crippen LogP) is 2.70. The van der Waals surface area contributed by atoms with E-state index in [-0.39, 0.29) is 0 Å². The standard InChI is InChI=1S/C18H22ClNO2/c1-17(2,21)10-6-12-20(13-7-11-18(3,4)22)16-9-5-8-15(19)14-16/h5,8-9,14,21-22H,12-13H2,1-4H3. The lowest BCUT2D eigenvalue weighted by molar-refractivity contribution is 0.143. The molecule has 0 radical (unpaired) electrons. The zero-order valence-corrected chi connectivity index (χ0v) is 14.2. The lowest BCUT2D eigenvalue weighted by atomic mass is 10.1. The summed E-state index contributed by atoms with van der Waals surface area (Å²) in [6.45, 7) is 7.36. The van der Waals surface area contributed by atoms with Gasteiger partial charge in [-0.15, -0.1) is 0 Å². The van der Waals surface area contributed by atoms with Crippen LogP contribution in [0, 0.1) is 23.7 Å². The van der Waals surface area contributed by atoms with Crippen molar-refractivity contribution < 1.29 is 10.2 Å². The highest BCUT2D eigenvalue weighted by molar-refractivity contribution is 6.30. The molecule has 0 aromatic heterocycles. The fourth-order valence-corrected chi connectivity index (χ4v) is 1.80. The maximum absolute atomic E-state index is 9.65. The first-order chi connectivity index (χ1) is 10.1. The maximum Gasteiger partial charge on any atom is 0.120 e. The molecule has 0 saturated carbocycles. The number of halogens is 1. The molecular weight excluding hydrogens is 298 g/mol. The van der Waals surface area contributed by atoms with E-state index in [9.17, 15) is 10.2 Å². The van der Waals surface area contributed by atoms with E-state index in [0.717, 1.165) is 5.69 Å². The summed E-state index contributed by atoms with van der Waals surface area (Å²) < 4.78 is 0. The van der Waals surface area contributed by atoms with Crippen LogP contribution < -0.4 is 4.90 Å². The summed E-state index contributed by atoms with van der Waals surface area (Å²) in [4.78, 5) is 1.93. The van der Waals surface area contributed by atoms with Crippen molar-refractivity contribution in [3.05, 3.63) is 29.3 Å². The van der Waals surface area contributed by atoms with E-state index in [1.54, 1.807) is 33.8 Å². The van der Waals surface area contributed by atoms with Crippen LogP contribution in [0.25, 0.3) is 0 Å². The van der Waals surface area contributed by atoms with Crippen LogP contribution in [0.5, 0.6) is 0 Å². The van der Waals surface area contributed by atoms with Gasteiger partial charge >= 0.3 is 0 Å². The quantitative estimate of drug-likeness (QED) is 0.842. The van der Waals surface area contributed by atoms with Crippen molar-refractivity contribution in [3.8, 4) is 23.7 Å². The highest BCUT2D eigenvalue weighted by Crippen LogP contribution is 2.19. The first-order valence-corrected chi connectivity index (χ1v) is 7.40. The van der Waals surface area contributed by atoms with E-state index >= 15 is 0 Å². The molecular formula is C18H22ClNO2. The molecule has 0 aliphatic carbocycles. The van der Waals surface area contributed by atoms with Crippen molar-refractivity contribution >= 4 is 17.3 Å². The Hall–Kier alpha value is -1.65. The molecule has 1 aromatic rings. The van der Waals surface area contributed by atoms with Crippen LogP contribution in [-0.4, -0.2) is 34.5 Å². The zero-order valence-electron chi connectivity index (χ0n) is 13.4. The molecule has 0 unspecified atom stereocenters. The van der Waals surface area contributed by atoms with E-state index in [2.05, 4.69) is 23.7 Å². The van der Waals surface area contributed by atoms with Crippen molar-refractivity contribution in [1.29, 1.82) is 0 Å². The number of hydrogen-bond acceptors (Lipinski definition) is 3. The van der Waals surface area contributed by atoms with Crippen LogP contribution in [0.4, 0.5) is 5.69 Å². The van der Waals surface area contributed by atoms with Gasteiger partial charge in [0.1, 0.15) is 11.2 Å². The van der Waals surface area contributed by atoms with Gasteiger partial charge in [-0.25, -0.2) is 0 Å². The Morgan fingerprint density at radius 3 is 1.91 bits per heavy atom. The fraction of sp³-hybridized carbons (Fsp3) is 0.444. The number of nitrogens with zero attached hydrogens (tertiary/aromatic N) is 1. The number of hydrogen-bond donors (Lipinski definition) is 2. The molecule has 1 aromatic carbocycles. The van der Waals surface area contributed by atoms with E-state index in [0.29, 0.717) is 18.1 Å². The summed E-state index contributed by atoms with van der Waals surface area (Å²) in [7, 11) is 0. The van der Waals surface area contributed by atoms with Crippen molar-refractivity contribution in [3.63, 3.8) is 0 Å². The monoisotopic (exact) mass is 319 g/mol. The minimum atomic E-state index is -1.03. The van der Waals surface area contributed by atoms with Crippen molar-refractivity contribution in [2.24, 2.45) is 0 Å². The van der Waals surface area contributed by atoms with Gasteiger partial charge < -0.3 is 15.1 Å². The number of aliphatic hydroxyl groups is 2. The number of rotatable bonds is 3. The summed E-state index contributed by atoms with van der Waals surface area (Å²) >= 11 is 6.02. The fourth-order valence-electron chi connectivity index (χ4n) is 1.61. The molecule has 1 rings (SSSR count). The van der Waals surface area contributed by atoms with Gasteiger partial charge in [0.05, 0.1) is 13.1 Å². The van der Waals surface area contributed by atoms with Crippen LogP contribution >= 0.6 is 11.6 Å². The molecule has 2 N–H and O–H groups in total. The van der Waals surface area contributed by atoms with Gasteiger partial charge in [-0.3, -0.25) is 0 Å². The van der Waals surface area contributed by atoms with Crippen LogP contribution in [-0.2, 0) is 0 Å². The summed E-state index contributed by atoms with van der Waals surface area (Å²) in [5, 5.41) is 19.9. The Balaban J connectivity index is 2.94. The molecule has 0 atom stereocenters. The molecule has 22 heavy (non-hydrogen) atoms. The van der Waals surface area contributed by atoms with E-state index in [1.807, 2.05) is 23.1 Å². The highest BCUT2D eigenvalue weighted by atomic mass is 35.5.